The lowest BCUT2D eigenvalue weighted by Crippen LogP contribution is -2.49. The summed E-state index contributed by atoms with van der Waals surface area (Å²) < 4.78 is 4.89. The topological polar surface area (TPSA) is 156 Å². The van der Waals surface area contributed by atoms with Gasteiger partial charge in [-0.15, -0.1) is 0 Å². The fourth-order valence-electron chi connectivity index (χ4n) is 2.81. The van der Waals surface area contributed by atoms with Crippen LogP contribution in [0, 0.1) is 16.0 Å². The lowest BCUT2D eigenvalue weighted by molar-refractivity contribution is -0.384. The van der Waals surface area contributed by atoms with Gasteiger partial charge in [0.1, 0.15) is 12.1 Å². The van der Waals surface area contributed by atoms with E-state index in [0.29, 0.717) is 5.56 Å². The number of nitro benzene ring substituents is 1. The number of nitro groups is 1. The number of ether oxygens (including phenoxy) is 1. The molecule has 3 atom stereocenters. The van der Waals surface area contributed by atoms with Gasteiger partial charge in [-0.2, -0.15) is 0 Å². The number of amides is 1. The minimum absolute atomic E-state index is 0.00373. The molecule has 0 heterocycles. The van der Waals surface area contributed by atoms with Crippen molar-refractivity contribution in [3.8, 4) is 0 Å². The van der Waals surface area contributed by atoms with Gasteiger partial charge in [-0.1, -0.05) is 26.0 Å². The van der Waals surface area contributed by atoms with Crippen molar-refractivity contribution in [2.24, 2.45) is 5.92 Å². The molecule has 0 aliphatic heterocycles. The van der Waals surface area contributed by atoms with E-state index < -0.39 is 40.8 Å². The zero-order chi connectivity index (χ0) is 22.1. The second-order valence-electron chi connectivity index (χ2n) is 6.93. The van der Waals surface area contributed by atoms with Crippen molar-refractivity contribution >= 4 is 23.5 Å². The summed E-state index contributed by atoms with van der Waals surface area (Å²) in [5.41, 5.74) is 0.0987. The number of nitrogens with one attached hydrogen (secondary N) is 1. The molecule has 1 rings (SSSR count). The van der Waals surface area contributed by atoms with Crippen molar-refractivity contribution in [1.29, 1.82) is 0 Å². The number of non-ortho nitro benzene ring substituents is 1. The Morgan fingerprint density at radius 1 is 1.21 bits per heavy atom. The Morgan fingerprint density at radius 2 is 1.79 bits per heavy atom. The fourth-order valence-corrected chi connectivity index (χ4v) is 2.81. The van der Waals surface area contributed by atoms with E-state index in [2.05, 4.69) is 5.32 Å². The van der Waals surface area contributed by atoms with Crippen molar-refractivity contribution in [3.05, 3.63) is 39.9 Å². The number of benzene rings is 1. The molecule has 0 aliphatic rings. The first-order chi connectivity index (χ1) is 13.6. The van der Waals surface area contributed by atoms with E-state index in [1.165, 1.54) is 24.3 Å². The number of rotatable bonds is 11. The standard InChI is InChI=1S/C19H26N2O8/c1-4-29-16(23)10-14(12-5-7-13(8-6-12)21(27)28)17(19(25)26)20-18(24)15(22)9-11(2)3/h5-8,11,14-15,17,22H,4,9-10H2,1-3H3,(H,20,24)(H,25,26)/t14-,15+,17-/m0/s1. The van der Waals surface area contributed by atoms with Crippen LogP contribution in [0.15, 0.2) is 24.3 Å². The second-order valence-corrected chi connectivity index (χ2v) is 6.93. The van der Waals surface area contributed by atoms with Gasteiger partial charge in [0, 0.05) is 18.1 Å². The van der Waals surface area contributed by atoms with Crippen LogP contribution in [0.3, 0.4) is 0 Å². The van der Waals surface area contributed by atoms with Gasteiger partial charge in [0.15, 0.2) is 0 Å². The maximum atomic E-state index is 12.3. The molecule has 0 saturated heterocycles. The molecule has 10 heteroatoms. The maximum Gasteiger partial charge on any atom is 0.326 e. The van der Waals surface area contributed by atoms with Gasteiger partial charge in [-0.3, -0.25) is 19.7 Å². The third-order valence-electron chi connectivity index (χ3n) is 4.19. The number of hydrogen-bond donors (Lipinski definition) is 3. The van der Waals surface area contributed by atoms with Crippen molar-refractivity contribution in [2.45, 2.75) is 51.7 Å². The summed E-state index contributed by atoms with van der Waals surface area (Å²) >= 11 is 0. The van der Waals surface area contributed by atoms with Gasteiger partial charge in [0.05, 0.1) is 18.0 Å². The normalized spacial score (nSPS) is 14.0. The number of aliphatic carboxylic acids is 1. The highest BCUT2D eigenvalue weighted by Gasteiger charge is 2.34. The van der Waals surface area contributed by atoms with Gasteiger partial charge in [0.25, 0.3) is 5.69 Å². The van der Waals surface area contributed by atoms with E-state index in [9.17, 15) is 34.7 Å². The van der Waals surface area contributed by atoms with E-state index in [-0.39, 0.29) is 31.1 Å². The Morgan fingerprint density at radius 3 is 2.24 bits per heavy atom. The molecule has 160 valence electrons. The summed E-state index contributed by atoms with van der Waals surface area (Å²) in [4.78, 5) is 46.4. The second kappa shape index (κ2) is 11.1. The Balaban J connectivity index is 3.20. The number of aliphatic hydroxyl groups is 1. The van der Waals surface area contributed by atoms with E-state index in [4.69, 9.17) is 4.74 Å². The van der Waals surface area contributed by atoms with Crippen molar-refractivity contribution in [2.75, 3.05) is 6.61 Å². The first-order valence-corrected chi connectivity index (χ1v) is 9.18. The van der Waals surface area contributed by atoms with E-state index in [1.54, 1.807) is 20.8 Å². The summed E-state index contributed by atoms with van der Waals surface area (Å²) in [5, 5.41) is 32.7. The SMILES string of the molecule is CCOC(=O)C[C@@H](c1ccc([N+](=O)[O-])cc1)[C@H](NC(=O)[C@H](O)CC(C)C)C(=O)O. The number of carboxylic acid groups (broad SMARTS) is 1. The van der Waals surface area contributed by atoms with Crippen LogP contribution >= 0.6 is 0 Å². The summed E-state index contributed by atoms with van der Waals surface area (Å²) in [5.74, 6) is -4.02. The first kappa shape index (κ1) is 24.0. The predicted molar refractivity (Wildman–Crippen MR) is 102 cm³/mol. The van der Waals surface area contributed by atoms with Crippen molar-refractivity contribution in [3.63, 3.8) is 0 Å². The van der Waals surface area contributed by atoms with Gasteiger partial charge in [-0.25, -0.2) is 4.79 Å². The molecule has 0 radical (unpaired) electrons. The van der Waals surface area contributed by atoms with Crippen LogP contribution in [0.4, 0.5) is 5.69 Å². The molecule has 10 nitrogen and oxygen atoms in total. The fraction of sp³-hybridized carbons (Fsp3) is 0.526. The maximum absolute atomic E-state index is 12.3. The quantitative estimate of drug-likeness (QED) is 0.282. The summed E-state index contributed by atoms with van der Waals surface area (Å²) in [6, 6.07) is 3.47. The molecule has 0 aliphatic carbocycles. The lowest BCUT2D eigenvalue weighted by atomic mass is 9.88. The molecule has 0 aromatic heterocycles. The zero-order valence-corrected chi connectivity index (χ0v) is 16.5. The molecule has 0 spiro atoms. The summed E-state index contributed by atoms with van der Waals surface area (Å²) in [6.45, 7) is 5.28. The molecule has 0 bridgehead atoms. The molecule has 1 aromatic carbocycles. The van der Waals surface area contributed by atoms with Crippen LogP contribution in [0.1, 0.15) is 45.1 Å². The highest BCUT2D eigenvalue weighted by molar-refractivity contribution is 5.87. The molecular weight excluding hydrogens is 384 g/mol. The van der Waals surface area contributed by atoms with Crippen molar-refractivity contribution in [1.82, 2.24) is 5.32 Å². The number of carbonyl (C=O) groups excluding carboxylic acids is 2. The van der Waals surface area contributed by atoms with Crippen LogP contribution in [0.2, 0.25) is 0 Å². The molecule has 3 N–H and O–H groups in total. The molecule has 29 heavy (non-hydrogen) atoms. The van der Waals surface area contributed by atoms with Gasteiger partial charge >= 0.3 is 11.9 Å². The van der Waals surface area contributed by atoms with Crippen LogP contribution in [-0.2, 0) is 19.1 Å². The largest absolute Gasteiger partial charge is 0.480 e. The first-order valence-electron chi connectivity index (χ1n) is 9.18. The average molecular weight is 410 g/mol. The number of esters is 1. The smallest absolute Gasteiger partial charge is 0.326 e. The molecule has 1 aromatic rings. The Labute approximate surface area is 168 Å². The number of carbonyl (C=O) groups is 3. The van der Waals surface area contributed by atoms with Gasteiger partial charge < -0.3 is 20.3 Å². The zero-order valence-electron chi connectivity index (χ0n) is 16.5. The summed E-state index contributed by atoms with van der Waals surface area (Å²) in [6.07, 6.45) is -1.64. The van der Waals surface area contributed by atoms with Crippen LogP contribution in [-0.4, -0.2) is 51.7 Å². The van der Waals surface area contributed by atoms with E-state index in [1.807, 2.05) is 0 Å². The highest BCUT2D eigenvalue weighted by atomic mass is 16.6. The molecule has 0 unspecified atom stereocenters. The van der Waals surface area contributed by atoms with Crippen molar-refractivity contribution < 1.29 is 34.3 Å². The Bertz CT molecular complexity index is 732. The van der Waals surface area contributed by atoms with Gasteiger partial charge in [-0.05, 0) is 24.8 Å². The molecule has 1 amide bonds. The number of nitrogens with zero attached hydrogens (tertiary/aromatic N) is 1. The lowest BCUT2D eigenvalue weighted by Gasteiger charge is -2.26. The van der Waals surface area contributed by atoms with Crippen LogP contribution < -0.4 is 5.32 Å². The number of hydrogen-bond acceptors (Lipinski definition) is 7. The monoisotopic (exact) mass is 410 g/mol. The van der Waals surface area contributed by atoms with Crippen LogP contribution in [0.5, 0.6) is 0 Å². The number of carboxylic acids is 1. The average Bonchev–Trinajstić information content (AvgIpc) is 2.63. The van der Waals surface area contributed by atoms with E-state index >= 15 is 0 Å². The minimum atomic E-state index is -1.55. The minimum Gasteiger partial charge on any atom is -0.480 e. The van der Waals surface area contributed by atoms with Crippen LogP contribution in [0.25, 0.3) is 0 Å². The predicted octanol–water partition coefficient (Wildman–Crippen LogP) is 1.61. The third kappa shape index (κ3) is 7.49. The van der Waals surface area contributed by atoms with E-state index in [0.717, 1.165) is 0 Å². The Hall–Kier alpha value is -3.01. The Kier molecular flexibility index (Phi) is 9.20. The van der Waals surface area contributed by atoms with Gasteiger partial charge in [0.2, 0.25) is 5.91 Å². The third-order valence-corrected chi connectivity index (χ3v) is 4.19. The molecule has 0 saturated carbocycles. The molecular formula is C19H26N2O8. The summed E-state index contributed by atoms with van der Waals surface area (Å²) in [7, 11) is 0. The number of aliphatic hydroxyl groups excluding tert-OH is 1. The molecule has 0 fully saturated rings. The highest BCUT2D eigenvalue weighted by Crippen LogP contribution is 2.27.